The smallest absolute Gasteiger partial charge is 0.306 e. The van der Waals surface area contributed by atoms with Crippen LogP contribution in [0.15, 0.2) is 12.2 Å². The van der Waals surface area contributed by atoms with E-state index >= 15 is 0 Å². The maximum Gasteiger partial charge on any atom is 0.306 e. The first kappa shape index (κ1) is 79.2. The predicted molar refractivity (Wildman–Crippen MR) is 353 cm³/mol. The third-order valence-electron chi connectivity index (χ3n) is 17.3. The Morgan fingerprint density at radius 3 is 0.617 bits per heavy atom. The molecule has 0 saturated heterocycles. The Kier molecular flexibility index (Phi) is 69.0. The Morgan fingerprint density at radius 2 is 0.407 bits per heavy atom. The molecule has 480 valence electrons. The number of esters is 3. The number of hydrogen-bond acceptors (Lipinski definition) is 6. The molecule has 6 nitrogen and oxygen atoms in total. The zero-order chi connectivity index (χ0) is 58.5. The van der Waals surface area contributed by atoms with Crippen molar-refractivity contribution in [3.05, 3.63) is 12.2 Å². The summed E-state index contributed by atoms with van der Waals surface area (Å²) in [5.41, 5.74) is 0. The highest BCUT2D eigenvalue weighted by molar-refractivity contribution is 5.71. The van der Waals surface area contributed by atoms with Crippen molar-refractivity contribution in [1.29, 1.82) is 0 Å². The lowest BCUT2D eigenvalue weighted by Gasteiger charge is -2.18. The van der Waals surface area contributed by atoms with E-state index in [-0.39, 0.29) is 31.1 Å². The van der Waals surface area contributed by atoms with Crippen molar-refractivity contribution in [3.8, 4) is 0 Å². The maximum atomic E-state index is 13.0. The second kappa shape index (κ2) is 70.6. The number of allylic oxidation sites excluding steroid dienone is 2. The molecule has 0 aliphatic heterocycles. The molecular formula is C75H144O6. The molecule has 0 spiro atoms. The van der Waals surface area contributed by atoms with Gasteiger partial charge in [-0.1, -0.05) is 380 Å². The summed E-state index contributed by atoms with van der Waals surface area (Å²) in [5.74, 6) is -0.824. The fourth-order valence-corrected chi connectivity index (χ4v) is 11.7. The summed E-state index contributed by atoms with van der Waals surface area (Å²) in [6, 6.07) is 0. The van der Waals surface area contributed by atoms with Crippen LogP contribution in [0.5, 0.6) is 0 Å². The van der Waals surface area contributed by atoms with E-state index in [1.807, 2.05) is 0 Å². The van der Waals surface area contributed by atoms with Crippen molar-refractivity contribution in [2.45, 2.75) is 438 Å². The summed E-state index contributed by atoms with van der Waals surface area (Å²) >= 11 is 0. The molecule has 0 saturated carbocycles. The van der Waals surface area contributed by atoms with Gasteiger partial charge in [0, 0.05) is 19.3 Å². The van der Waals surface area contributed by atoms with E-state index in [2.05, 4.69) is 32.9 Å². The first-order valence-electron chi connectivity index (χ1n) is 37.2. The van der Waals surface area contributed by atoms with Crippen LogP contribution in [0, 0.1) is 0 Å². The maximum absolute atomic E-state index is 13.0. The molecule has 0 aromatic rings. The van der Waals surface area contributed by atoms with Gasteiger partial charge in [-0.3, -0.25) is 14.4 Å². The molecule has 0 aliphatic rings. The van der Waals surface area contributed by atoms with Gasteiger partial charge < -0.3 is 14.2 Å². The second-order valence-electron chi connectivity index (χ2n) is 25.6. The van der Waals surface area contributed by atoms with Crippen molar-refractivity contribution in [3.63, 3.8) is 0 Å². The molecule has 0 aromatic heterocycles. The molecule has 0 fully saturated rings. The van der Waals surface area contributed by atoms with Crippen LogP contribution >= 0.6 is 0 Å². The van der Waals surface area contributed by atoms with E-state index in [9.17, 15) is 14.4 Å². The third kappa shape index (κ3) is 68.8. The third-order valence-corrected chi connectivity index (χ3v) is 17.3. The van der Waals surface area contributed by atoms with Crippen LogP contribution in [0.4, 0.5) is 0 Å². The minimum Gasteiger partial charge on any atom is -0.462 e. The molecule has 6 heteroatoms. The number of rotatable bonds is 70. The molecule has 0 rings (SSSR count). The molecular weight excluding hydrogens is 997 g/mol. The summed E-state index contributed by atoms with van der Waals surface area (Å²) in [4.78, 5) is 38.5. The van der Waals surface area contributed by atoms with Crippen molar-refractivity contribution >= 4 is 17.9 Å². The average molecular weight is 1140 g/mol. The molecule has 0 aromatic carbocycles. The predicted octanol–water partition coefficient (Wildman–Crippen LogP) is 25.6. The average Bonchev–Trinajstić information content (AvgIpc) is 3.46. The summed E-state index contributed by atoms with van der Waals surface area (Å²) < 4.78 is 17.0. The van der Waals surface area contributed by atoms with Gasteiger partial charge in [0.15, 0.2) is 6.10 Å². The lowest BCUT2D eigenvalue weighted by atomic mass is 10.0. The molecule has 81 heavy (non-hydrogen) atoms. The zero-order valence-electron chi connectivity index (χ0n) is 55.4. The van der Waals surface area contributed by atoms with Gasteiger partial charge in [-0.25, -0.2) is 0 Å². The van der Waals surface area contributed by atoms with Crippen LogP contribution in [0.2, 0.25) is 0 Å². The molecule has 0 radical (unpaired) electrons. The fourth-order valence-electron chi connectivity index (χ4n) is 11.7. The minimum absolute atomic E-state index is 0.0624. The summed E-state index contributed by atoms with van der Waals surface area (Å²) in [6.45, 7) is 6.74. The van der Waals surface area contributed by atoms with Crippen LogP contribution in [-0.2, 0) is 28.6 Å². The molecule has 0 bridgehead atoms. The molecule has 0 N–H and O–H groups in total. The SMILES string of the molecule is CCCCCCCCCC/C=C\CCCCCCCCCCCCCCCC(=O)OCC(COC(=O)CCCCCCCCCCCCCCC)OC(=O)CCCCCCCCCCCCCCCCCCCCCCCCCCC. The fraction of sp³-hybridized carbons (Fsp3) is 0.933. The molecule has 0 aliphatic carbocycles. The largest absolute Gasteiger partial charge is 0.462 e. The lowest BCUT2D eigenvalue weighted by molar-refractivity contribution is -0.167. The van der Waals surface area contributed by atoms with Crippen LogP contribution in [0.3, 0.4) is 0 Å². The first-order valence-corrected chi connectivity index (χ1v) is 37.2. The topological polar surface area (TPSA) is 78.9 Å². The number of carbonyl (C=O) groups is 3. The van der Waals surface area contributed by atoms with E-state index < -0.39 is 6.10 Å². The molecule has 1 unspecified atom stereocenters. The normalized spacial score (nSPS) is 12.0. The number of hydrogen-bond donors (Lipinski definition) is 0. The number of carbonyl (C=O) groups excluding carboxylic acids is 3. The monoisotopic (exact) mass is 1140 g/mol. The highest BCUT2D eigenvalue weighted by Crippen LogP contribution is 2.19. The van der Waals surface area contributed by atoms with Gasteiger partial charge in [0.2, 0.25) is 0 Å². The van der Waals surface area contributed by atoms with Gasteiger partial charge in [0.1, 0.15) is 13.2 Å². The highest BCUT2D eigenvalue weighted by Gasteiger charge is 2.20. The summed E-state index contributed by atoms with van der Waals surface area (Å²) in [7, 11) is 0. The van der Waals surface area contributed by atoms with Crippen molar-refractivity contribution in [2.75, 3.05) is 13.2 Å². The van der Waals surface area contributed by atoms with E-state index in [1.165, 1.54) is 334 Å². The highest BCUT2D eigenvalue weighted by atomic mass is 16.6. The lowest BCUT2D eigenvalue weighted by Crippen LogP contribution is -2.30. The van der Waals surface area contributed by atoms with Gasteiger partial charge in [0.25, 0.3) is 0 Å². The molecule has 0 amide bonds. The van der Waals surface area contributed by atoms with E-state index in [0.29, 0.717) is 19.3 Å². The number of ether oxygens (including phenoxy) is 3. The Balaban J connectivity index is 4.19. The van der Waals surface area contributed by atoms with Gasteiger partial charge in [0.05, 0.1) is 0 Å². The molecule has 1 atom stereocenters. The van der Waals surface area contributed by atoms with Crippen LogP contribution in [-0.4, -0.2) is 37.2 Å². The first-order chi connectivity index (χ1) is 40.0. The van der Waals surface area contributed by atoms with Gasteiger partial charge in [-0.15, -0.1) is 0 Å². The van der Waals surface area contributed by atoms with Crippen molar-refractivity contribution < 1.29 is 28.6 Å². The van der Waals surface area contributed by atoms with Gasteiger partial charge >= 0.3 is 17.9 Å². The van der Waals surface area contributed by atoms with E-state index in [1.54, 1.807) is 0 Å². The van der Waals surface area contributed by atoms with E-state index in [0.717, 1.165) is 57.8 Å². The van der Waals surface area contributed by atoms with Crippen LogP contribution < -0.4 is 0 Å². The molecule has 0 heterocycles. The van der Waals surface area contributed by atoms with Crippen LogP contribution in [0.25, 0.3) is 0 Å². The summed E-state index contributed by atoms with van der Waals surface area (Å²) in [5, 5.41) is 0. The van der Waals surface area contributed by atoms with Gasteiger partial charge in [-0.2, -0.15) is 0 Å². The van der Waals surface area contributed by atoms with Crippen molar-refractivity contribution in [1.82, 2.24) is 0 Å². The number of unbranched alkanes of at least 4 members (excludes halogenated alkanes) is 57. The Bertz CT molecular complexity index is 1260. The van der Waals surface area contributed by atoms with Gasteiger partial charge in [-0.05, 0) is 44.9 Å². The Hall–Kier alpha value is -1.85. The zero-order valence-corrected chi connectivity index (χ0v) is 55.4. The summed E-state index contributed by atoms with van der Waals surface area (Å²) in [6.07, 6.45) is 85.4. The second-order valence-corrected chi connectivity index (χ2v) is 25.6. The Morgan fingerprint density at radius 1 is 0.235 bits per heavy atom. The van der Waals surface area contributed by atoms with E-state index in [4.69, 9.17) is 14.2 Å². The standard InChI is InChI=1S/C75H144O6/c1-4-7-10-13-16-19-22-25-27-29-31-33-35-37-39-41-43-45-47-50-53-56-59-62-65-68-74(77)80-71-72(70-79-73(76)67-64-61-58-55-52-49-24-21-18-15-12-9-6-3)81-75(78)69-66-63-60-57-54-51-48-46-44-42-40-38-36-34-32-30-28-26-23-20-17-14-11-8-5-2/h29,31,72H,4-28,30,32-71H2,1-3H3/b31-29-. The van der Waals surface area contributed by atoms with Crippen molar-refractivity contribution in [2.24, 2.45) is 0 Å². The Labute approximate surface area is 507 Å². The minimum atomic E-state index is -0.766. The quantitative estimate of drug-likeness (QED) is 0.0261. The van der Waals surface area contributed by atoms with Crippen LogP contribution in [0.1, 0.15) is 432 Å².